The predicted molar refractivity (Wildman–Crippen MR) is 87.0 cm³/mol. The monoisotopic (exact) mass is 337 g/mol. The molecule has 3 rings (SSSR count). The Balaban J connectivity index is 1.63. The van der Waals surface area contributed by atoms with Gasteiger partial charge in [-0.05, 0) is 6.92 Å². The van der Waals surface area contributed by atoms with Crippen LogP contribution in [0.4, 0.5) is 9.52 Å². The molecule has 23 heavy (non-hydrogen) atoms. The lowest BCUT2D eigenvalue weighted by molar-refractivity contribution is -0.0999. The molecule has 2 aromatic heterocycles. The second kappa shape index (κ2) is 6.86. The van der Waals surface area contributed by atoms with Gasteiger partial charge in [0.25, 0.3) is 0 Å². The fourth-order valence-electron chi connectivity index (χ4n) is 2.74. The minimum Gasteiger partial charge on any atom is -0.372 e. The SMILES string of the molecule is CNc1ncc(CN2CCOC(C)(Cc3ncc(F)cn3)C2)s1. The number of rotatable bonds is 5. The van der Waals surface area contributed by atoms with Crippen LogP contribution in [0.15, 0.2) is 18.6 Å². The van der Waals surface area contributed by atoms with Gasteiger partial charge < -0.3 is 10.1 Å². The van der Waals surface area contributed by atoms with Crippen LogP contribution in [-0.4, -0.2) is 52.2 Å². The Morgan fingerprint density at radius 1 is 1.35 bits per heavy atom. The van der Waals surface area contributed by atoms with Gasteiger partial charge in [0.1, 0.15) is 5.82 Å². The number of ether oxygens (including phenoxy) is 1. The highest BCUT2D eigenvalue weighted by Gasteiger charge is 2.33. The van der Waals surface area contributed by atoms with Crippen molar-refractivity contribution in [1.82, 2.24) is 19.9 Å². The van der Waals surface area contributed by atoms with E-state index >= 15 is 0 Å². The standard InChI is InChI=1S/C15H20FN5OS/c1-15(5-13-18-6-11(16)7-19-13)10-21(3-4-22-15)9-12-8-20-14(17-2)23-12/h6-8H,3-5,9-10H2,1-2H3,(H,17,20). The van der Waals surface area contributed by atoms with E-state index in [-0.39, 0.29) is 5.60 Å². The highest BCUT2D eigenvalue weighted by molar-refractivity contribution is 7.15. The van der Waals surface area contributed by atoms with Gasteiger partial charge in [0.15, 0.2) is 10.9 Å². The quantitative estimate of drug-likeness (QED) is 0.900. The fraction of sp³-hybridized carbons (Fsp3) is 0.533. The summed E-state index contributed by atoms with van der Waals surface area (Å²) in [5, 5.41) is 3.98. The first-order valence-electron chi connectivity index (χ1n) is 7.51. The summed E-state index contributed by atoms with van der Waals surface area (Å²) in [6, 6.07) is 0. The average molecular weight is 337 g/mol. The summed E-state index contributed by atoms with van der Waals surface area (Å²) < 4.78 is 18.9. The zero-order chi connectivity index (χ0) is 16.3. The summed E-state index contributed by atoms with van der Waals surface area (Å²) in [6.07, 6.45) is 4.87. The first-order valence-corrected chi connectivity index (χ1v) is 8.33. The Morgan fingerprint density at radius 3 is 2.83 bits per heavy atom. The number of aromatic nitrogens is 3. The molecule has 1 aliphatic heterocycles. The van der Waals surface area contributed by atoms with Crippen LogP contribution in [0.25, 0.3) is 0 Å². The molecule has 6 nitrogen and oxygen atoms in total. The van der Waals surface area contributed by atoms with Crippen LogP contribution in [0.2, 0.25) is 0 Å². The molecule has 8 heteroatoms. The molecule has 124 valence electrons. The molecule has 1 fully saturated rings. The van der Waals surface area contributed by atoms with E-state index in [0.717, 1.165) is 24.8 Å². The fourth-order valence-corrected chi connectivity index (χ4v) is 3.55. The molecular formula is C15H20FN5OS. The van der Waals surface area contributed by atoms with Gasteiger partial charge >= 0.3 is 0 Å². The second-order valence-corrected chi connectivity index (χ2v) is 7.00. The van der Waals surface area contributed by atoms with Crippen LogP contribution in [0, 0.1) is 5.82 Å². The molecule has 1 saturated heterocycles. The number of thiazole rings is 1. The van der Waals surface area contributed by atoms with E-state index < -0.39 is 5.82 Å². The van der Waals surface area contributed by atoms with Crippen LogP contribution >= 0.6 is 11.3 Å². The van der Waals surface area contributed by atoms with E-state index in [9.17, 15) is 4.39 Å². The molecule has 0 amide bonds. The van der Waals surface area contributed by atoms with Crippen molar-refractivity contribution >= 4 is 16.5 Å². The Labute approximate surface area is 138 Å². The number of hydrogen-bond donors (Lipinski definition) is 1. The third-order valence-corrected chi connectivity index (χ3v) is 4.77. The minimum atomic E-state index is -0.421. The number of morpholine rings is 1. The van der Waals surface area contributed by atoms with Crippen molar-refractivity contribution in [2.24, 2.45) is 0 Å². The van der Waals surface area contributed by atoms with Crippen molar-refractivity contribution in [2.45, 2.75) is 25.5 Å². The molecule has 0 radical (unpaired) electrons. The zero-order valence-electron chi connectivity index (χ0n) is 13.3. The van der Waals surface area contributed by atoms with Gasteiger partial charge in [-0.25, -0.2) is 19.3 Å². The maximum absolute atomic E-state index is 12.9. The van der Waals surface area contributed by atoms with Crippen molar-refractivity contribution in [1.29, 1.82) is 0 Å². The van der Waals surface area contributed by atoms with E-state index in [1.165, 1.54) is 17.3 Å². The number of anilines is 1. The van der Waals surface area contributed by atoms with Crippen molar-refractivity contribution in [3.8, 4) is 0 Å². The van der Waals surface area contributed by atoms with Crippen molar-refractivity contribution in [2.75, 3.05) is 32.1 Å². The molecule has 0 saturated carbocycles. The van der Waals surface area contributed by atoms with E-state index in [4.69, 9.17) is 4.74 Å². The second-order valence-electron chi connectivity index (χ2n) is 5.89. The third kappa shape index (κ3) is 4.21. The smallest absolute Gasteiger partial charge is 0.182 e. The van der Waals surface area contributed by atoms with Gasteiger partial charge in [0, 0.05) is 44.2 Å². The van der Waals surface area contributed by atoms with Crippen LogP contribution in [0.5, 0.6) is 0 Å². The molecule has 0 bridgehead atoms. The molecular weight excluding hydrogens is 317 g/mol. The van der Waals surface area contributed by atoms with E-state index in [1.54, 1.807) is 11.3 Å². The lowest BCUT2D eigenvalue weighted by atomic mass is 9.99. The molecule has 1 aliphatic rings. The normalized spacial score (nSPS) is 22.2. The summed E-state index contributed by atoms with van der Waals surface area (Å²) in [6.45, 7) is 5.22. The van der Waals surface area contributed by atoms with Crippen molar-refractivity contribution in [3.05, 3.63) is 35.1 Å². The number of halogens is 1. The van der Waals surface area contributed by atoms with Gasteiger partial charge in [-0.1, -0.05) is 0 Å². The number of hydrogen-bond acceptors (Lipinski definition) is 7. The van der Waals surface area contributed by atoms with E-state index in [0.29, 0.717) is 18.9 Å². The highest BCUT2D eigenvalue weighted by Crippen LogP contribution is 2.25. The van der Waals surface area contributed by atoms with E-state index in [2.05, 4.69) is 32.1 Å². The summed E-state index contributed by atoms with van der Waals surface area (Å²) in [5.41, 5.74) is -0.368. The molecule has 1 unspecified atom stereocenters. The average Bonchev–Trinajstić information content (AvgIpc) is 2.97. The Morgan fingerprint density at radius 2 is 2.13 bits per heavy atom. The first-order chi connectivity index (χ1) is 11.1. The Hall–Kier alpha value is -1.64. The Kier molecular flexibility index (Phi) is 4.84. The van der Waals surface area contributed by atoms with Gasteiger partial charge in [-0.3, -0.25) is 4.90 Å². The van der Waals surface area contributed by atoms with Gasteiger partial charge in [-0.2, -0.15) is 0 Å². The van der Waals surface area contributed by atoms with Gasteiger partial charge in [0.05, 0.1) is 24.6 Å². The lowest BCUT2D eigenvalue weighted by Crippen LogP contribution is -2.51. The Bertz CT molecular complexity index is 650. The first kappa shape index (κ1) is 16.2. The van der Waals surface area contributed by atoms with Crippen molar-refractivity contribution in [3.63, 3.8) is 0 Å². The van der Waals surface area contributed by atoms with Crippen LogP contribution in [-0.2, 0) is 17.7 Å². The van der Waals surface area contributed by atoms with E-state index in [1.807, 2.05) is 13.2 Å². The maximum Gasteiger partial charge on any atom is 0.182 e. The molecule has 3 heterocycles. The maximum atomic E-state index is 12.9. The van der Waals surface area contributed by atoms with Crippen LogP contribution in [0.1, 0.15) is 17.6 Å². The molecule has 2 aromatic rings. The summed E-state index contributed by atoms with van der Waals surface area (Å²) in [5.74, 6) is 0.182. The topological polar surface area (TPSA) is 63.2 Å². The van der Waals surface area contributed by atoms with Gasteiger partial charge in [0.2, 0.25) is 0 Å². The van der Waals surface area contributed by atoms with Crippen molar-refractivity contribution < 1.29 is 9.13 Å². The summed E-state index contributed by atoms with van der Waals surface area (Å²) >= 11 is 1.66. The number of nitrogens with one attached hydrogen (secondary N) is 1. The number of nitrogens with zero attached hydrogens (tertiary/aromatic N) is 4. The molecule has 0 aromatic carbocycles. The molecule has 0 spiro atoms. The summed E-state index contributed by atoms with van der Waals surface area (Å²) in [7, 11) is 1.87. The minimum absolute atomic E-state index is 0.368. The van der Waals surface area contributed by atoms with Crippen LogP contribution in [0.3, 0.4) is 0 Å². The highest BCUT2D eigenvalue weighted by atomic mass is 32.1. The molecule has 1 N–H and O–H groups in total. The van der Waals surface area contributed by atoms with Gasteiger partial charge in [-0.15, -0.1) is 11.3 Å². The van der Waals surface area contributed by atoms with Crippen LogP contribution < -0.4 is 5.32 Å². The zero-order valence-corrected chi connectivity index (χ0v) is 14.1. The third-order valence-electron chi connectivity index (χ3n) is 3.77. The predicted octanol–water partition coefficient (Wildman–Crippen LogP) is 1.95. The summed E-state index contributed by atoms with van der Waals surface area (Å²) in [4.78, 5) is 16.0. The lowest BCUT2D eigenvalue weighted by Gasteiger charge is -2.40. The molecule has 1 atom stereocenters. The largest absolute Gasteiger partial charge is 0.372 e. The molecule has 0 aliphatic carbocycles.